The van der Waals surface area contributed by atoms with Gasteiger partial charge in [-0.05, 0) is 55.4 Å². The van der Waals surface area contributed by atoms with Gasteiger partial charge in [0, 0.05) is 25.1 Å². The monoisotopic (exact) mass is 512 g/mol. The SMILES string of the molecule is CCC[C@H]1CC[C@H](C2CCN(c3cnc(-c4ccc(CCC(=O)NS(C)(=O)=O)cc4)nc3)CC2)CC1. The van der Waals surface area contributed by atoms with E-state index in [-0.39, 0.29) is 6.42 Å². The number of anilines is 1. The summed E-state index contributed by atoms with van der Waals surface area (Å²) in [6, 6.07) is 7.75. The summed E-state index contributed by atoms with van der Waals surface area (Å²) in [6.45, 7) is 4.49. The molecule has 8 heteroatoms. The third-order valence-electron chi connectivity index (χ3n) is 7.95. The van der Waals surface area contributed by atoms with Crippen LogP contribution in [0.2, 0.25) is 0 Å². The quantitative estimate of drug-likeness (QED) is 0.510. The zero-order valence-corrected chi connectivity index (χ0v) is 22.5. The minimum absolute atomic E-state index is 0.119. The Morgan fingerprint density at radius 2 is 1.58 bits per heavy atom. The number of hydrogen-bond donors (Lipinski definition) is 1. The van der Waals surface area contributed by atoms with Gasteiger partial charge in [0.1, 0.15) is 0 Å². The Kier molecular flexibility index (Phi) is 8.99. The lowest BCUT2D eigenvalue weighted by Crippen LogP contribution is -2.37. The number of carbonyl (C=O) groups is 1. The molecule has 196 valence electrons. The summed E-state index contributed by atoms with van der Waals surface area (Å²) < 4.78 is 24.3. The van der Waals surface area contributed by atoms with Crippen molar-refractivity contribution in [1.29, 1.82) is 0 Å². The molecule has 0 atom stereocenters. The molecular formula is C28H40N4O3S. The van der Waals surface area contributed by atoms with Crippen molar-refractivity contribution in [2.45, 2.75) is 71.1 Å². The Bertz CT molecular complexity index is 1090. The maximum absolute atomic E-state index is 11.7. The number of hydrogen-bond acceptors (Lipinski definition) is 6. The Morgan fingerprint density at radius 1 is 0.972 bits per heavy atom. The van der Waals surface area contributed by atoms with Gasteiger partial charge in [-0.3, -0.25) is 9.52 Å². The van der Waals surface area contributed by atoms with E-state index in [2.05, 4.69) is 21.8 Å². The summed E-state index contributed by atoms with van der Waals surface area (Å²) in [5, 5.41) is 0. The number of amides is 1. The molecule has 0 spiro atoms. The average molecular weight is 513 g/mol. The van der Waals surface area contributed by atoms with Gasteiger partial charge in [-0.1, -0.05) is 56.9 Å². The van der Waals surface area contributed by atoms with E-state index in [1.807, 2.05) is 41.4 Å². The van der Waals surface area contributed by atoms with E-state index in [0.29, 0.717) is 12.2 Å². The van der Waals surface area contributed by atoms with Gasteiger partial charge in [-0.25, -0.2) is 18.4 Å². The fourth-order valence-electron chi connectivity index (χ4n) is 5.96. The van der Waals surface area contributed by atoms with Crippen LogP contribution >= 0.6 is 0 Å². The first-order valence-electron chi connectivity index (χ1n) is 13.5. The third-order valence-corrected chi connectivity index (χ3v) is 8.55. The second-order valence-electron chi connectivity index (χ2n) is 10.7. The molecule has 0 radical (unpaired) electrons. The van der Waals surface area contributed by atoms with Crippen LogP contribution in [0.25, 0.3) is 11.4 Å². The molecule has 1 aliphatic carbocycles. The minimum Gasteiger partial charge on any atom is -0.369 e. The summed E-state index contributed by atoms with van der Waals surface area (Å²) in [5.74, 6) is 2.96. The van der Waals surface area contributed by atoms with Gasteiger partial charge in [-0.2, -0.15) is 0 Å². The number of rotatable bonds is 9. The molecule has 2 aliphatic rings. The fraction of sp³-hybridized carbons (Fsp3) is 0.607. The maximum atomic E-state index is 11.7. The molecule has 2 fully saturated rings. The smallest absolute Gasteiger partial charge is 0.233 e. The standard InChI is InChI=1S/C28H40N4O3S/c1-3-4-21-5-10-23(11-6-21)24-15-17-32(18-16-24)26-19-29-28(30-20-26)25-12-7-22(8-13-25)9-14-27(33)31-36(2,34)35/h7-8,12-13,19-21,23-24H,3-6,9-11,14-18H2,1-2H3,(H,31,33)/t21-,23-. The summed E-state index contributed by atoms with van der Waals surface area (Å²) in [4.78, 5) is 23.4. The third kappa shape index (κ3) is 7.51. The zero-order valence-electron chi connectivity index (χ0n) is 21.7. The van der Waals surface area contributed by atoms with Crippen molar-refractivity contribution < 1.29 is 13.2 Å². The highest BCUT2D eigenvalue weighted by Gasteiger charge is 2.30. The van der Waals surface area contributed by atoms with E-state index in [1.54, 1.807) is 0 Å². The first-order valence-corrected chi connectivity index (χ1v) is 15.4. The van der Waals surface area contributed by atoms with Crippen LogP contribution in [-0.2, 0) is 21.2 Å². The van der Waals surface area contributed by atoms with Crippen molar-refractivity contribution in [1.82, 2.24) is 14.7 Å². The molecule has 1 saturated heterocycles. The van der Waals surface area contributed by atoms with E-state index in [9.17, 15) is 13.2 Å². The molecular weight excluding hydrogens is 472 g/mol. The van der Waals surface area contributed by atoms with Gasteiger partial charge in [-0.15, -0.1) is 0 Å². The second-order valence-corrected chi connectivity index (χ2v) is 12.4. The number of nitrogens with one attached hydrogen (secondary N) is 1. The van der Waals surface area contributed by atoms with Crippen molar-refractivity contribution in [2.24, 2.45) is 17.8 Å². The van der Waals surface area contributed by atoms with Crippen LogP contribution in [0.15, 0.2) is 36.7 Å². The average Bonchev–Trinajstić information content (AvgIpc) is 2.88. The summed E-state index contributed by atoms with van der Waals surface area (Å²) in [5.41, 5.74) is 2.97. The second kappa shape index (κ2) is 12.2. The lowest BCUT2D eigenvalue weighted by atomic mass is 9.72. The van der Waals surface area contributed by atoms with Crippen molar-refractivity contribution >= 4 is 21.6 Å². The first-order chi connectivity index (χ1) is 17.3. The van der Waals surface area contributed by atoms with E-state index in [0.717, 1.165) is 53.9 Å². The highest BCUT2D eigenvalue weighted by molar-refractivity contribution is 7.89. The number of aromatic nitrogens is 2. The lowest BCUT2D eigenvalue weighted by molar-refractivity contribution is -0.119. The van der Waals surface area contributed by atoms with Gasteiger partial charge in [0.15, 0.2) is 5.82 Å². The van der Waals surface area contributed by atoms with E-state index >= 15 is 0 Å². The molecule has 0 unspecified atom stereocenters. The molecule has 1 amide bonds. The Balaban J connectivity index is 1.25. The number of aryl methyl sites for hydroxylation is 1. The van der Waals surface area contributed by atoms with Crippen molar-refractivity contribution in [3.8, 4) is 11.4 Å². The Labute approximate surface area is 216 Å². The molecule has 2 heterocycles. The molecule has 1 N–H and O–H groups in total. The van der Waals surface area contributed by atoms with Crippen LogP contribution in [0.5, 0.6) is 0 Å². The predicted octanol–water partition coefficient (Wildman–Crippen LogP) is 4.97. The summed E-state index contributed by atoms with van der Waals surface area (Å²) in [7, 11) is -3.51. The van der Waals surface area contributed by atoms with Gasteiger partial charge in [0.25, 0.3) is 0 Å². The van der Waals surface area contributed by atoms with Crippen LogP contribution in [0.4, 0.5) is 5.69 Å². The maximum Gasteiger partial charge on any atom is 0.233 e. The van der Waals surface area contributed by atoms with Crippen molar-refractivity contribution in [2.75, 3.05) is 24.2 Å². The van der Waals surface area contributed by atoms with Crippen LogP contribution < -0.4 is 9.62 Å². The van der Waals surface area contributed by atoms with E-state index in [1.165, 1.54) is 51.4 Å². The van der Waals surface area contributed by atoms with Crippen LogP contribution in [0.3, 0.4) is 0 Å². The van der Waals surface area contributed by atoms with Gasteiger partial charge in [0.2, 0.25) is 15.9 Å². The Morgan fingerprint density at radius 3 is 2.17 bits per heavy atom. The van der Waals surface area contributed by atoms with E-state index in [4.69, 9.17) is 0 Å². The lowest BCUT2D eigenvalue weighted by Gasteiger charge is -2.39. The summed E-state index contributed by atoms with van der Waals surface area (Å²) in [6.07, 6.45) is 16.5. The number of nitrogens with zero attached hydrogens (tertiary/aromatic N) is 3. The molecule has 7 nitrogen and oxygen atoms in total. The minimum atomic E-state index is -3.51. The van der Waals surface area contributed by atoms with Crippen LogP contribution in [0.1, 0.15) is 70.3 Å². The first kappa shape index (κ1) is 26.6. The largest absolute Gasteiger partial charge is 0.369 e. The molecule has 1 aromatic heterocycles. The van der Waals surface area contributed by atoms with Gasteiger partial charge >= 0.3 is 0 Å². The highest BCUT2D eigenvalue weighted by atomic mass is 32.2. The molecule has 1 saturated carbocycles. The number of carbonyl (C=O) groups excluding carboxylic acids is 1. The molecule has 1 aliphatic heterocycles. The van der Waals surface area contributed by atoms with Crippen molar-refractivity contribution in [3.63, 3.8) is 0 Å². The fourth-order valence-corrected chi connectivity index (χ4v) is 6.47. The number of piperidine rings is 1. The van der Waals surface area contributed by atoms with Crippen molar-refractivity contribution in [3.05, 3.63) is 42.2 Å². The number of sulfonamides is 1. The van der Waals surface area contributed by atoms with Gasteiger partial charge < -0.3 is 4.90 Å². The molecule has 1 aromatic carbocycles. The normalized spacial score (nSPS) is 21.3. The zero-order chi connectivity index (χ0) is 25.5. The molecule has 2 aromatic rings. The van der Waals surface area contributed by atoms with Gasteiger partial charge in [0.05, 0.1) is 24.3 Å². The Hall–Kier alpha value is -2.48. The van der Waals surface area contributed by atoms with E-state index < -0.39 is 15.9 Å². The molecule has 36 heavy (non-hydrogen) atoms. The molecule has 4 rings (SSSR count). The summed E-state index contributed by atoms with van der Waals surface area (Å²) >= 11 is 0. The number of benzene rings is 1. The van der Waals surface area contributed by atoms with Crippen LogP contribution in [0, 0.1) is 17.8 Å². The van der Waals surface area contributed by atoms with Crippen LogP contribution in [-0.4, -0.2) is 43.6 Å². The topological polar surface area (TPSA) is 92.3 Å². The highest BCUT2D eigenvalue weighted by Crippen LogP contribution is 2.39. The predicted molar refractivity (Wildman–Crippen MR) is 144 cm³/mol. The molecule has 0 bridgehead atoms.